The van der Waals surface area contributed by atoms with Crippen molar-refractivity contribution in [2.75, 3.05) is 11.9 Å². The van der Waals surface area contributed by atoms with Gasteiger partial charge in [-0.15, -0.1) is 6.58 Å². The molecule has 1 unspecified atom stereocenters. The van der Waals surface area contributed by atoms with Crippen LogP contribution in [-0.4, -0.2) is 29.3 Å². The highest BCUT2D eigenvalue weighted by Gasteiger charge is 2.22. The minimum Gasteiger partial charge on any atom is -0.327 e. The van der Waals surface area contributed by atoms with Gasteiger partial charge in [-0.3, -0.25) is 9.59 Å². The number of amides is 2. The summed E-state index contributed by atoms with van der Waals surface area (Å²) in [4.78, 5) is 25.0. The predicted octanol–water partition coefficient (Wildman–Crippen LogP) is 2.70. The molecule has 1 N–H and O–H groups in total. The first-order valence-electron chi connectivity index (χ1n) is 5.91. The van der Waals surface area contributed by atoms with E-state index >= 15 is 0 Å². The van der Waals surface area contributed by atoms with Crippen molar-refractivity contribution in [3.63, 3.8) is 0 Å². The summed E-state index contributed by atoms with van der Waals surface area (Å²) in [5.74, 6) is -0.466. The Bertz CT molecular complexity index is 488. The highest BCUT2D eigenvalue weighted by atomic mass is 35.5. The molecule has 0 spiro atoms. The van der Waals surface area contributed by atoms with E-state index in [4.69, 9.17) is 11.6 Å². The van der Waals surface area contributed by atoms with Crippen LogP contribution in [0.1, 0.15) is 13.8 Å². The van der Waals surface area contributed by atoms with Gasteiger partial charge >= 0.3 is 0 Å². The SMILES string of the molecule is C=CCN(C(C)=O)C(C)C(=O)Nc1ccccc1Cl. The summed E-state index contributed by atoms with van der Waals surface area (Å²) in [6.45, 7) is 6.99. The number of nitrogens with zero attached hydrogens (tertiary/aromatic N) is 1. The van der Waals surface area contributed by atoms with E-state index in [2.05, 4.69) is 11.9 Å². The molecule has 0 saturated heterocycles. The number of carbonyl (C=O) groups is 2. The number of halogens is 1. The fourth-order valence-corrected chi connectivity index (χ4v) is 1.82. The van der Waals surface area contributed by atoms with Crippen LogP contribution in [0.4, 0.5) is 5.69 Å². The van der Waals surface area contributed by atoms with Crippen LogP contribution in [-0.2, 0) is 9.59 Å². The Hall–Kier alpha value is -1.81. The van der Waals surface area contributed by atoms with Gasteiger partial charge in [0, 0.05) is 13.5 Å². The van der Waals surface area contributed by atoms with Gasteiger partial charge in [-0.25, -0.2) is 0 Å². The Balaban J connectivity index is 2.79. The van der Waals surface area contributed by atoms with Crippen molar-refractivity contribution >= 4 is 29.1 Å². The molecule has 2 amide bonds. The number of anilines is 1. The molecule has 0 fully saturated rings. The average molecular weight is 281 g/mol. The number of para-hydroxylation sites is 1. The first-order valence-corrected chi connectivity index (χ1v) is 6.28. The van der Waals surface area contributed by atoms with E-state index in [-0.39, 0.29) is 11.8 Å². The topological polar surface area (TPSA) is 49.4 Å². The monoisotopic (exact) mass is 280 g/mol. The standard InChI is InChI=1S/C14H17ClN2O2/c1-4-9-17(11(3)18)10(2)14(19)16-13-8-6-5-7-12(13)15/h4-8,10H,1,9H2,2-3H3,(H,16,19). The van der Waals surface area contributed by atoms with Crippen molar-refractivity contribution in [3.05, 3.63) is 41.9 Å². The molecule has 5 heteroatoms. The minimum atomic E-state index is -0.591. The van der Waals surface area contributed by atoms with Gasteiger partial charge in [0.05, 0.1) is 10.7 Å². The summed E-state index contributed by atoms with van der Waals surface area (Å²) < 4.78 is 0. The quantitative estimate of drug-likeness (QED) is 0.843. The van der Waals surface area contributed by atoms with E-state index in [1.807, 2.05) is 0 Å². The molecule has 0 saturated carbocycles. The molecule has 0 aliphatic rings. The zero-order valence-electron chi connectivity index (χ0n) is 11.0. The van der Waals surface area contributed by atoms with Crippen molar-refractivity contribution in [2.45, 2.75) is 19.9 Å². The lowest BCUT2D eigenvalue weighted by Gasteiger charge is -2.26. The maximum Gasteiger partial charge on any atom is 0.246 e. The van der Waals surface area contributed by atoms with E-state index < -0.39 is 6.04 Å². The van der Waals surface area contributed by atoms with Crippen molar-refractivity contribution in [2.24, 2.45) is 0 Å². The summed E-state index contributed by atoms with van der Waals surface area (Å²) in [6, 6.07) is 6.36. The second kappa shape index (κ2) is 6.95. The fraction of sp³-hybridized carbons (Fsp3) is 0.286. The van der Waals surface area contributed by atoms with Gasteiger partial charge in [0.2, 0.25) is 11.8 Å². The molecule has 4 nitrogen and oxygen atoms in total. The third-order valence-corrected chi connectivity index (χ3v) is 3.04. The second-order valence-corrected chi connectivity index (χ2v) is 4.51. The number of hydrogen-bond acceptors (Lipinski definition) is 2. The summed E-state index contributed by atoms with van der Waals surface area (Å²) in [5.41, 5.74) is 0.531. The molecule has 1 aromatic rings. The largest absolute Gasteiger partial charge is 0.327 e. The Labute approximate surface area is 118 Å². The van der Waals surface area contributed by atoms with Gasteiger partial charge in [0.25, 0.3) is 0 Å². The van der Waals surface area contributed by atoms with Crippen LogP contribution in [0.25, 0.3) is 0 Å². The third-order valence-electron chi connectivity index (χ3n) is 2.71. The minimum absolute atomic E-state index is 0.179. The third kappa shape index (κ3) is 4.10. The lowest BCUT2D eigenvalue weighted by Crippen LogP contribution is -2.44. The molecule has 0 aliphatic carbocycles. The summed E-state index contributed by atoms with van der Waals surface area (Å²) in [6.07, 6.45) is 1.58. The summed E-state index contributed by atoms with van der Waals surface area (Å²) >= 11 is 5.96. The van der Waals surface area contributed by atoms with E-state index in [0.29, 0.717) is 17.3 Å². The van der Waals surface area contributed by atoms with E-state index in [1.54, 1.807) is 37.3 Å². The summed E-state index contributed by atoms with van der Waals surface area (Å²) in [7, 11) is 0. The average Bonchev–Trinajstić information content (AvgIpc) is 2.37. The molecule has 0 radical (unpaired) electrons. The van der Waals surface area contributed by atoms with Crippen molar-refractivity contribution in [3.8, 4) is 0 Å². The van der Waals surface area contributed by atoms with Crippen LogP contribution in [0.2, 0.25) is 5.02 Å². The van der Waals surface area contributed by atoms with Gasteiger partial charge in [0.1, 0.15) is 6.04 Å². The van der Waals surface area contributed by atoms with Crippen LogP contribution in [0.15, 0.2) is 36.9 Å². The van der Waals surface area contributed by atoms with E-state index in [9.17, 15) is 9.59 Å². The zero-order chi connectivity index (χ0) is 14.4. The Kier molecular flexibility index (Phi) is 5.57. The Morgan fingerprint density at radius 1 is 1.47 bits per heavy atom. The lowest BCUT2D eigenvalue weighted by atomic mass is 10.2. The highest BCUT2D eigenvalue weighted by Crippen LogP contribution is 2.20. The van der Waals surface area contributed by atoms with Gasteiger partial charge in [-0.2, -0.15) is 0 Å². The molecule has 0 heterocycles. The lowest BCUT2D eigenvalue weighted by molar-refractivity contribution is -0.135. The highest BCUT2D eigenvalue weighted by molar-refractivity contribution is 6.33. The molecule has 1 atom stereocenters. The maximum absolute atomic E-state index is 12.1. The fourth-order valence-electron chi connectivity index (χ4n) is 1.64. The predicted molar refractivity (Wildman–Crippen MR) is 77.1 cm³/mol. The first kappa shape index (κ1) is 15.2. The van der Waals surface area contributed by atoms with Crippen molar-refractivity contribution < 1.29 is 9.59 Å². The van der Waals surface area contributed by atoms with Gasteiger partial charge in [-0.05, 0) is 19.1 Å². The first-order chi connectivity index (χ1) is 8.97. The van der Waals surface area contributed by atoms with Crippen LogP contribution < -0.4 is 5.32 Å². The second-order valence-electron chi connectivity index (χ2n) is 4.11. The Morgan fingerprint density at radius 3 is 2.63 bits per heavy atom. The normalized spacial score (nSPS) is 11.5. The maximum atomic E-state index is 12.1. The van der Waals surface area contributed by atoms with Gasteiger partial charge in [0.15, 0.2) is 0 Å². The molecular weight excluding hydrogens is 264 g/mol. The van der Waals surface area contributed by atoms with Crippen LogP contribution >= 0.6 is 11.6 Å². The van der Waals surface area contributed by atoms with Gasteiger partial charge in [-0.1, -0.05) is 29.8 Å². The van der Waals surface area contributed by atoms with E-state index in [0.717, 1.165) is 0 Å². The molecule has 19 heavy (non-hydrogen) atoms. The van der Waals surface area contributed by atoms with Crippen LogP contribution in [0.3, 0.4) is 0 Å². The summed E-state index contributed by atoms with van der Waals surface area (Å²) in [5, 5.41) is 3.16. The number of rotatable bonds is 5. The smallest absolute Gasteiger partial charge is 0.246 e. The molecule has 1 rings (SSSR count). The number of carbonyl (C=O) groups excluding carboxylic acids is 2. The van der Waals surface area contributed by atoms with Crippen molar-refractivity contribution in [1.82, 2.24) is 4.90 Å². The molecule has 1 aromatic carbocycles. The van der Waals surface area contributed by atoms with Crippen LogP contribution in [0, 0.1) is 0 Å². The number of nitrogens with one attached hydrogen (secondary N) is 1. The number of hydrogen-bond donors (Lipinski definition) is 1. The van der Waals surface area contributed by atoms with Gasteiger partial charge < -0.3 is 10.2 Å². The van der Waals surface area contributed by atoms with Crippen molar-refractivity contribution in [1.29, 1.82) is 0 Å². The molecular formula is C14H17ClN2O2. The molecule has 0 bridgehead atoms. The van der Waals surface area contributed by atoms with E-state index in [1.165, 1.54) is 11.8 Å². The Morgan fingerprint density at radius 2 is 2.11 bits per heavy atom. The molecule has 0 aromatic heterocycles. The number of benzene rings is 1. The molecule has 0 aliphatic heterocycles. The van der Waals surface area contributed by atoms with Crippen LogP contribution in [0.5, 0.6) is 0 Å². The zero-order valence-corrected chi connectivity index (χ0v) is 11.8. The molecule has 102 valence electrons.